The zero-order chi connectivity index (χ0) is 24.9. The van der Waals surface area contributed by atoms with Crippen LogP contribution in [0, 0.1) is 17.8 Å². The molecule has 1 aromatic heterocycles. The summed E-state index contributed by atoms with van der Waals surface area (Å²) in [6, 6.07) is 0.0638. The molecule has 1 aromatic rings. The Morgan fingerprint density at radius 2 is 2.06 bits per heavy atom. The minimum absolute atomic E-state index is 0.0413. The first-order valence-corrected chi connectivity index (χ1v) is 12.0. The van der Waals surface area contributed by atoms with Gasteiger partial charge >= 0.3 is 0 Å². The molecule has 0 aromatic carbocycles. The number of carbonyl (C=O) groups is 2. The number of anilines is 2. The summed E-state index contributed by atoms with van der Waals surface area (Å²) in [5.41, 5.74) is 0.779. The molecule has 0 aliphatic heterocycles. The quantitative estimate of drug-likeness (QED) is 0.355. The molecule has 34 heavy (non-hydrogen) atoms. The number of hydrogen-bond acceptors (Lipinski definition) is 7. The van der Waals surface area contributed by atoms with Crippen molar-refractivity contribution in [3.63, 3.8) is 0 Å². The van der Waals surface area contributed by atoms with Gasteiger partial charge in [-0.2, -0.15) is 4.98 Å². The lowest BCUT2D eigenvalue weighted by atomic mass is 9.86. The third-order valence-electron chi connectivity index (χ3n) is 5.49. The maximum absolute atomic E-state index is 12.5. The van der Waals surface area contributed by atoms with Gasteiger partial charge in [0.15, 0.2) is 0 Å². The molecule has 3 N–H and O–H groups in total. The number of nitrogens with one attached hydrogen (secondary N) is 3. The predicted molar refractivity (Wildman–Crippen MR) is 136 cm³/mol. The topological polar surface area (TPSA) is 102 Å². The molecule has 186 valence electrons. The van der Waals surface area contributed by atoms with E-state index in [9.17, 15) is 9.59 Å². The largest absolute Gasteiger partial charge is 0.369 e. The number of likely N-dealkylation sites (N-methyl/N-ethyl adjacent to an activating group) is 2. The Morgan fingerprint density at radius 1 is 1.26 bits per heavy atom. The zero-order valence-electron chi connectivity index (χ0n) is 21.1. The van der Waals surface area contributed by atoms with E-state index in [1.807, 2.05) is 19.0 Å². The van der Waals surface area contributed by atoms with Crippen LogP contribution in [0.5, 0.6) is 0 Å². The number of aromatic nitrogens is 2. The number of amides is 2. The van der Waals surface area contributed by atoms with Crippen molar-refractivity contribution in [1.82, 2.24) is 25.1 Å². The first-order valence-electron chi connectivity index (χ1n) is 12.0. The first kappa shape index (κ1) is 27.1. The summed E-state index contributed by atoms with van der Waals surface area (Å²) in [5, 5.41) is 9.35. The fraction of sp³-hybridized carbons (Fsp3) is 0.600. The molecule has 0 unspecified atom stereocenters. The van der Waals surface area contributed by atoms with Crippen molar-refractivity contribution in [3.05, 3.63) is 23.9 Å². The molecular weight excluding hydrogens is 430 g/mol. The normalized spacial score (nSPS) is 17.7. The molecule has 2 amide bonds. The highest BCUT2D eigenvalue weighted by atomic mass is 16.2. The van der Waals surface area contributed by atoms with Gasteiger partial charge in [-0.25, -0.2) is 4.98 Å². The Hall–Kier alpha value is -3.12. The second-order valence-electron chi connectivity index (χ2n) is 8.89. The molecular formula is C25H39N7O2. The van der Waals surface area contributed by atoms with Crippen LogP contribution in [-0.4, -0.2) is 85.4 Å². The van der Waals surface area contributed by atoms with Crippen LogP contribution in [0.4, 0.5) is 11.8 Å². The Morgan fingerprint density at radius 3 is 2.76 bits per heavy atom. The molecule has 2 rings (SSSR count). The number of nitrogens with zero attached hydrogens (tertiary/aromatic N) is 4. The average molecular weight is 470 g/mol. The number of carbonyl (C=O) groups excluding carboxylic acids is 2. The maximum atomic E-state index is 12.5. The van der Waals surface area contributed by atoms with Crippen LogP contribution < -0.4 is 16.0 Å². The van der Waals surface area contributed by atoms with E-state index in [1.165, 1.54) is 11.0 Å². The van der Waals surface area contributed by atoms with Crippen molar-refractivity contribution in [3.8, 4) is 11.8 Å². The first-order chi connectivity index (χ1) is 16.3. The highest BCUT2D eigenvalue weighted by Crippen LogP contribution is 2.24. The predicted octanol–water partition coefficient (Wildman–Crippen LogP) is 1.94. The van der Waals surface area contributed by atoms with Gasteiger partial charge in [0.25, 0.3) is 0 Å². The van der Waals surface area contributed by atoms with Crippen molar-refractivity contribution in [2.75, 3.05) is 58.5 Å². The lowest BCUT2D eigenvalue weighted by molar-refractivity contribution is -0.131. The van der Waals surface area contributed by atoms with Gasteiger partial charge in [0.05, 0.1) is 18.3 Å². The monoisotopic (exact) mass is 469 g/mol. The molecule has 1 aliphatic carbocycles. The molecule has 1 aliphatic rings. The lowest BCUT2D eigenvalue weighted by Gasteiger charge is -2.27. The van der Waals surface area contributed by atoms with Gasteiger partial charge in [0.2, 0.25) is 17.8 Å². The highest BCUT2D eigenvalue weighted by Gasteiger charge is 2.23. The van der Waals surface area contributed by atoms with E-state index in [1.54, 1.807) is 26.4 Å². The van der Waals surface area contributed by atoms with E-state index in [4.69, 9.17) is 0 Å². The van der Waals surface area contributed by atoms with Crippen LogP contribution in [0.25, 0.3) is 0 Å². The molecule has 2 atom stereocenters. The number of rotatable bonds is 10. The second kappa shape index (κ2) is 14.2. The van der Waals surface area contributed by atoms with Gasteiger partial charge in [-0.15, -0.1) is 0 Å². The van der Waals surface area contributed by atoms with Crippen molar-refractivity contribution in [2.45, 2.75) is 45.1 Å². The zero-order valence-corrected chi connectivity index (χ0v) is 21.1. The van der Waals surface area contributed by atoms with Crippen LogP contribution in [-0.2, 0) is 9.59 Å². The maximum Gasteiger partial charge on any atom is 0.246 e. The fourth-order valence-corrected chi connectivity index (χ4v) is 3.66. The summed E-state index contributed by atoms with van der Waals surface area (Å²) in [5.74, 6) is 7.78. The molecule has 9 heteroatoms. The van der Waals surface area contributed by atoms with Crippen LogP contribution in [0.15, 0.2) is 18.3 Å². The third kappa shape index (κ3) is 9.40. The minimum Gasteiger partial charge on any atom is -0.369 e. The Kier molecular flexibility index (Phi) is 11.3. The molecule has 1 heterocycles. The van der Waals surface area contributed by atoms with Gasteiger partial charge in [0.1, 0.15) is 5.82 Å². The average Bonchev–Trinajstić information content (AvgIpc) is 2.81. The molecule has 9 nitrogen and oxygen atoms in total. The van der Waals surface area contributed by atoms with Gasteiger partial charge in [-0.05, 0) is 39.8 Å². The standard InChI is InChI=1S/C25H39N7O2/c1-6-14-27-24-20(17-28-25(26-2)30-24)13-12-19-9-7-10-21(16-19)29-22(33)18-32(5)23(34)11-8-15-31(3)4/h8,11,17,19,21H,6-7,9-10,14-16,18H2,1-5H3,(H,29,33)(H2,26,27,28,30)/b11-8+/t19-,21-/m0/s1. The molecule has 0 spiro atoms. The van der Waals surface area contributed by atoms with Crippen molar-refractivity contribution >= 4 is 23.6 Å². The smallest absolute Gasteiger partial charge is 0.246 e. The summed E-state index contributed by atoms with van der Waals surface area (Å²) in [7, 11) is 7.30. The van der Waals surface area contributed by atoms with E-state index in [-0.39, 0.29) is 30.3 Å². The van der Waals surface area contributed by atoms with E-state index in [0.29, 0.717) is 12.5 Å². The molecule has 1 fully saturated rings. The summed E-state index contributed by atoms with van der Waals surface area (Å²) in [6.45, 7) is 3.64. The summed E-state index contributed by atoms with van der Waals surface area (Å²) >= 11 is 0. The third-order valence-corrected chi connectivity index (χ3v) is 5.49. The minimum atomic E-state index is -0.177. The Labute approximate surface area is 203 Å². The van der Waals surface area contributed by atoms with Crippen LogP contribution in [0.2, 0.25) is 0 Å². The van der Waals surface area contributed by atoms with E-state index in [0.717, 1.165) is 50.0 Å². The van der Waals surface area contributed by atoms with Crippen LogP contribution in [0.1, 0.15) is 44.6 Å². The van der Waals surface area contributed by atoms with Crippen LogP contribution >= 0.6 is 0 Å². The van der Waals surface area contributed by atoms with Gasteiger partial charge < -0.3 is 25.8 Å². The molecule has 1 saturated carbocycles. The summed E-state index contributed by atoms with van der Waals surface area (Å²) in [6.07, 6.45) is 9.76. The Bertz CT molecular complexity index is 904. The lowest BCUT2D eigenvalue weighted by Crippen LogP contribution is -2.44. The Balaban J connectivity index is 1.92. The summed E-state index contributed by atoms with van der Waals surface area (Å²) < 4.78 is 0. The fourth-order valence-electron chi connectivity index (χ4n) is 3.66. The number of hydrogen-bond donors (Lipinski definition) is 3. The molecule has 0 radical (unpaired) electrons. The van der Waals surface area contributed by atoms with Gasteiger partial charge in [-0.3, -0.25) is 9.59 Å². The van der Waals surface area contributed by atoms with Crippen molar-refractivity contribution < 1.29 is 9.59 Å². The molecule has 0 bridgehead atoms. The van der Waals surface area contributed by atoms with Crippen molar-refractivity contribution in [2.24, 2.45) is 5.92 Å². The SMILES string of the molecule is CCCNc1nc(NC)ncc1C#C[C@@H]1CCC[C@H](NC(=O)CN(C)C(=O)/C=C/CN(C)C)C1. The van der Waals surface area contributed by atoms with E-state index >= 15 is 0 Å². The molecule has 0 saturated heterocycles. The van der Waals surface area contributed by atoms with E-state index < -0.39 is 0 Å². The summed E-state index contributed by atoms with van der Waals surface area (Å²) in [4.78, 5) is 36.8. The van der Waals surface area contributed by atoms with E-state index in [2.05, 4.69) is 44.7 Å². The highest BCUT2D eigenvalue weighted by molar-refractivity contribution is 5.91. The van der Waals surface area contributed by atoms with Gasteiger partial charge in [-0.1, -0.05) is 31.3 Å². The van der Waals surface area contributed by atoms with Crippen molar-refractivity contribution in [1.29, 1.82) is 0 Å². The van der Waals surface area contributed by atoms with Crippen LogP contribution in [0.3, 0.4) is 0 Å². The second-order valence-corrected chi connectivity index (χ2v) is 8.89. The van der Waals surface area contributed by atoms with Gasteiger partial charge in [0, 0.05) is 45.2 Å².